The fraction of sp³-hybridized carbons (Fsp3) is 0.167. The highest BCUT2D eigenvalue weighted by molar-refractivity contribution is 14.1. The van der Waals surface area contributed by atoms with Crippen LogP contribution in [0.25, 0.3) is 0 Å². The van der Waals surface area contributed by atoms with Crippen molar-refractivity contribution in [1.29, 1.82) is 0 Å². The normalized spacial score (nSPS) is 12.1. The average Bonchev–Trinajstić information content (AvgIpc) is 2.00. The summed E-state index contributed by atoms with van der Waals surface area (Å²) in [7, 11) is -4.30. The number of alkyl halides is 2. The van der Waals surface area contributed by atoms with E-state index in [2.05, 4.69) is 10.1 Å². The van der Waals surface area contributed by atoms with Gasteiger partial charge in [0.25, 0.3) is 16.4 Å². The van der Waals surface area contributed by atoms with Gasteiger partial charge in [0.1, 0.15) is 0 Å². The molecule has 0 spiro atoms. The van der Waals surface area contributed by atoms with Crippen molar-refractivity contribution in [2.75, 3.05) is 0 Å². The highest BCUT2D eigenvalue weighted by Crippen LogP contribution is 2.35. The van der Waals surface area contributed by atoms with Crippen LogP contribution in [0.5, 0.6) is 5.75 Å². The lowest BCUT2D eigenvalue weighted by Gasteiger charge is -2.08. The molecule has 84 valence electrons. The van der Waals surface area contributed by atoms with Crippen LogP contribution in [0.15, 0.2) is 11.2 Å². The first-order chi connectivity index (χ1) is 6.75. The smallest absolute Gasteiger partial charge is 0.268 e. The summed E-state index contributed by atoms with van der Waals surface area (Å²) in [6, 6.07) is 0. The molecule has 0 fully saturated rings. The first-order valence-electron chi connectivity index (χ1n) is 3.43. The number of hydrogen-bond donors (Lipinski definition) is 2. The molecule has 0 aliphatic rings. The molecule has 0 amide bonds. The molecule has 1 aromatic heterocycles. The first kappa shape index (κ1) is 12.5. The Hall–Kier alpha value is -0.550. The highest BCUT2D eigenvalue weighted by atomic mass is 127. The van der Waals surface area contributed by atoms with E-state index in [1.54, 1.807) is 0 Å². The zero-order valence-corrected chi connectivity index (χ0v) is 9.96. The van der Waals surface area contributed by atoms with E-state index in [0.29, 0.717) is 0 Å². The third kappa shape index (κ3) is 2.52. The Morgan fingerprint density at radius 1 is 1.53 bits per heavy atom. The molecule has 3 N–H and O–H groups in total. The predicted molar refractivity (Wildman–Crippen MR) is 54.9 cm³/mol. The summed E-state index contributed by atoms with van der Waals surface area (Å²) in [5.41, 5.74) is -0.783. The van der Waals surface area contributed by atoms with Crippen LogP contribution in [0.1, 0.15) is 12.0 Å². The zero-order chi connectivity index (χ0) is 11.8. The fourth-order valence-electron chi connectivity index (χ4n) is 0.890. The van der Waals surface area contributed by atoms with Crippen molar-refractivity contribution < 1.29 is 22.3 Å². The van der Waals surface area contributed by atoms with E-state index in [-0.39, 0.29) is 3.57 Å². The Labute approximate surface area is 97.5 Å². The topological polar surface area (TPSA) is 93.3 Å². The first-order valence-corrected chi connectivity index (χ1v) is 6.06. The summed E-state index contributed by atoms with van der Waals surface area (Å²) in [6.45, 7) is 0. The molecule has 0 unspecified atom stereocenters. The maximum atomic E-state index is 12.4. The van der Waals surface area contributed by atoms with E-state index < -0.39 is 32.8 Å². The van der Waals surface area contributed by atoms with Gasteiger partial charge in [-0.15, -0.1) is 0 Å². The van der Waals surface area contributed by atoms with E-state index in [1.807, 2.05) is 0 Å². The van der Waals surface area contributed by atoms with Crippen LogP contribution in [0.4, 0.5) is 8.78 Å². The average molecular weight is 350 g/mol. The van der Waals surface area contributed by atoms with E-state index >= 15 is 0 Å². The van der Waals surface area contributed by atoms with Gasteiger partial charge >= 0.3 is 0 Å². The summed E-state index contributed by atoms with van der Waals surface area (Å²) in [6.07, 6.45) is -2.10. The number of hydrogen-bond acceptors (Lipinski definition) is 4. The van der Waals surface area contributed by atoms with Gasteiger partial charge in [0.15, 0.2) is 5.75 Å². The highest BCUT2D eigenvalue weighted by Gasteiger charge is 2.25. The standard InChI is InChI=1S/C6H5F2IN2O3S/c7-5(8)3-2(9)1-11-6(4(3)12)15(10,13)14/h1,5,12H,(H2,10,13,14). The van der Waals surface area contributed by atoms with Crippen LogP contribution < -0.4 is 5.14 Å². The summed E-state index contributed by atoms with van der Waals surface area (Å²) < 4.78 is 46.5. The molecule has 0 saturated heterocycles. The molecule has 15 heavy (non-hydrogen) atoms. The molecule has 9 heteroatoms. The van der Waals surface area contributed by atoms with Gasteiger partial charge in [-0.3, -0.25) is 0 Å². The van der Waals surface area contributed by atoms with Gasteiger partial charge in [-0.05, 0) is 22.6 Å². The number of sulfonamides is 1. The van der Waals surface area contributed by atoms with Crippen molar-refractivity contribution >= 4 is 32.6 Å². The SMILES string of the molecule is NS(=O)(=O)c1ncc(I)c(C(F)F)c1O. The minimum Gasteiger partial charge on any atom is -0.504 e. The monoisotopic (exact) mass is 350 g/mol. The minimum absolute atomic E-state index is 0.0347. The summed E-state index contributed by atoms with van der Waals surface area (Å²) in [5.74, 6) is -1.10. The Balaban J connectivity index is 3.56. The van der Waals surface area contributed by atoms with Gasteiger partial charge in [0, 0.05) is 9.77 Å². The summed E-state index contributed by atoms with van der Waals surface area (Å²) in [4.78, 5) is 3.29. The quantitative estimate of drug-likeness (QED) is 0.778. The maximum absolute atomic E-state index is 12.4. The number of pyridine rings is 1. The number of nitrogens with two attached hydrogens (primary N) is 1. The number of aromatic nitrogens is 1. The zero-order valence-electron chi connectivity index (χ0n) is 6.99. The number of rotatable bonds is 2. The largest absolute Gasteiger partial charge is 0.504 e. The van der Waals surface area contributed by atoms with Crippen LogP contribution in [0, 0.1) is 3.57 Å². The molecule has 0 radical (unpaired) electrons. The van der Waals surface area contributed by atoms with E-state index in [9.17, 15) is 22.3 Å². The summed E-state index contributed by atoms with van der Waals surface area (Å²) in [5, 5.41) is 13.0. The second-order valence-corrected chi connectivity index (χ2v) is 5.16. The Morgan fingerprint density at radius 3 is 2.47 bits per heavy atom. The lowest BCUT2D eigenvalue weighted by molar-refractivity contribution is 0.145. The van der Waals surface area contributed by atoms with Gasteiger partial charge in [0.2, 0.25) is 5.03 Å². The third-order valence-electron chi connectivity index (χ3n) is 1.50. The molecule has 5 nitrogen and oxygen atoms in total. The molecular formula is C6H5F2IN2O3S. The van der Waals surface area contributed by atoms with Crippen molar-refractivity contribution in [3.8, 4) is 5.75 Å². The van der Waals surface area contributed by atoms with E-state index in [1.165, 1.54) is 22.6 Å². The predicted octanol–water partition coefficient (Wildman–Crippen LogP) is 0.977. The van der Waals surface area contributed by atoms with Crippen molar-refractivity contribution in [2.24, 2.45) is 5.14 Å². The third-order valence-corrected chi connectivity index (χ3v) is 3.20. The maximum Gasteiger partial charge on any atom is 0.268 e. The molecule has 0 saturated carbocycles. The van der Waals surface area contributed by atoms with Gasteiger partial charge in [-0.1, -0.05) is 0 Å². The van der Waals surface area contributed by atoms with Crippen LogP contribution in [-0.2, 0) is 10.0 Å². The van der Waals surface area contributed by atoms with Crippen molar-refractivity contribution in [3.63, 3.8) is 0 Å². The fourth-order valence-corrected chi connectivity index (χ4v) is 2.10. The summed E-state index contributed by atoms with van der Waals surface area (Å²) >= 11 is 1.51. The molecular weight excluding hydrogens is 345 g/mol. The molecule has 0 aliphatic carbocycles. The molecule has 0 aliphatic heterocycles. The van der Waals surface area contributed by atoms with Gasteiger partial charge < -0.3 is 5.11 Å². The number of halogens is 3. The molecule has 1 aromatic rings. The van der Waals surface area contributed by atoms with Gasteiger partial charge in [-0.2, -0.15) is 0 Å². The van der Waals surface area contributed by atoms with Crippen LogP contribution in [-0.4, -0.2) is 18.5 Å². The minimum atomic E-state index is -4.30. The van der Waals surface area contributed by atoms with Crippen LogP contribution in [0.2, 0.25) is 0 Å². The van der Waals surface area contributed by atoms with Crippen LogP contribution in [0.3, 0.4) is 0 Å². The Kier molecular flexibility index (Phi) is 3.45. The van der Waals surface area contributed by atoms with Crippen LogP contribution >= 0.6 is 22.6 Å². The molecule has 0 aromatic carbocycles. The number of nitrogens with zero attached hydrogens (tertiary/aromatic N) is 1. The van der Waals surface area contributed by atoms with E-state index in [0.717, 1.165) is 6.20 Å². The second kappa shape index (κ2) is 4.14. The number of primary sulfonamides is 1. The lowest BCUT2D eigenvalue weighted by atomic mass is 10.2. The van der Waals surface area contributed by atoms with Gasteiger partial charge in [0.05, 0.1) is 5.56 Å². The Bertz CT molecular complexity index is 491. The second-order valence-electron chi connectivity index (χ2n) is 2.52. The van der Waals surface area contributed by atoms with Crippen molar-refractivity contribution in [2.45, 2.75) is 11.5 Å². The van der Waals surface area contributed by atoms with Crippen molar-refractivity contribution in [1.82, 2.24) is 4.98 Å². The van der Waals surface area contributed by atoms with Gasteiger partial charge in [-0.25, -0.2) is 27.3 Å². The molecule has 0 atom stereocenters. The molecule has 1 heterocycles. The van der Waals surface area contributed by atoms with Crippen molar-refractivity contribution in [3.05, 3.63) is 15.3 Å². The molecule has 0 bridgehead atoms. The number of aromatic hydroxyl groups is 1. The molecule has 1 rings (SSSR count). The lowest BCUT2D eigenvalue weighted by Crippen LogP contribution is -2.15. The van der Waals surface area contributed by atoms with E-state index in [4.69, 9.17) is 0 Å². The Morgan fingerprint density at radius 2 is 2.07 bits per heavy atom.